The van der Waals surface area contributed by atoms with Gasteiger partial charge in [-0.15, -0.1) is 0 Å². The quantitative estimate of drug-likeness (QED) is 0.907. The van der Waals surface area contributed by atoms with Crippen LogP contribution in [0.15, 0.2) is 42.5 Å². The predicted molar refractivity (Wildman–Crippen MR) is 70.7 cm³/mol. The largest absolute Gasteiger partial charge is 0.508 e. The fraction of sp³-hybridized carbons (Fsp3) is 0.0714. The third kappa shape index (κ3) is 3.23. The highest BCUT2D eigenvalue weighted by molar-refractivity contribution is 6.34. The molecule has 0 heterocycles. The second-order valence-electron chi connectivity index (χ2n) is 3.95. The first kappa shape index (κ1) is 13.4. The lowest BCUT2D eigenvalue weighted by Gasteiger charge is -2.07. The molecule has 0 atom stereocenters. The van der Waals surface area contributed by atoms with Crippen LogP contribution in [-0.2, 0) is 6.54 Å². The Morgan fingerprint density at radius 3 is 2.74 bits per heavy atom. The van der Waals surface area contributed by atoms with Gasteiger partial charge < -0.3 is 10.4 Å². The summed E-state index contributed by atoms with van der Waals surface area (Å²) in [6.07, 6.45) is 0. The number of carbonyl (C=O) groups is 1. The summed E-state index contributed by atoms with van der Waals surface area (Å²) in [4.78, 5) is 11.9. The Labute approximate surface area is 114 Å². The molecule has 0 unspecified atom stereocenters. The summed E-state index contributed by atoms with van der Waals surface area (Å²) in [6, 6.07) is 10.6. The number of benzene rings is 2. The van der Waals surface area contributed by atoms with Gasteiger partial charge in [0.05, 0.1) is 10.6 Å². The van der Waals surface area contributed by atoms with Crippen molar-refractivity contribution in [3.05, 3.63) is 64.4 Å². The van der Waals surface area contributed by atoms with Crippen LogP contribution in [0.1, 0.15) is 15.9 Å². The van der Waals surface area contributed by atoms with Crippen molar-refractivity contribution in [3.63, 3.8) is 0 Å². The minimum absolute atomic E-state index is 0.0850. The van der Waals surface area contributed by atoms with E-state index in [2.05, 4.69) is 5.32 Å². The summed E-state index contributed by atoms with van der Waals surface area (Å²) in [6.45, 7) is 0.222. The molecule has 0 aliphatic rings. The van der Waals surface area contributed by atoms with Gasteiger partial charge in [0.15, 0.2) is 0 Å². The van der Waals surface area contributed by atoms with Gasteiger partial charge in [-0.25, -0.2) is 4.39 Å². The SMILES string of the molecule is O=C(NCc1cccc(O)c1)c1cccc(F)c1Cl. The lowest BCUT2D eigenvalue weighted by molar-refractivity contribution is 0.0950. The summed E-state index contributed by atoms with van der Waals surface area (Å²) in [5.74, 6) is -0.977. The van der Waals surface area contributed by atoms with E-state index in [1.165, 1.54) is 30.3 Å². The number of rotatable bonds is 3. The van der Waals surface area contributed by atoms with Gasteiger partial charge in [-0.2, -0.15) is 0 Å². The van der Waals surface area contributed by atoms with Gasteiger partial charge in [0.2, 0.25) is 0 Å². The smallest absolute Gasteiger partial charge is 0.253 e. The standard InChI is InChI=1S/C14H11ClFNO2/c15-13-11(5-2-6-12(13)16)14(19)17-8-9-3-1-4-10(18)7-9/h1-7,18H,8H2,(H,17,19). The van der Waals surface area contributed by atoms with E-state index >= 15 is 0 Å². The average molecular weight is 280 g/mol. The van der Waals surface area contributed by atoms with Gasteiger partial charge in [0, 0.05) is 6.54 Å². The van der Waals surface area contributed by atoms with Crippen molar-refractivity contribution >= 4 is 17.5 Å². The Bertz CT molecular complexity index is 616. The molecule has 0 aliphatic heterocycles. The summed E-state index contributed by atoms with van der Waals surface area (Å²) in [5.41, 5.74) is 0.822. The number of hydrogen-bond donors (Lipinski definition) is 2. The minimum atomic E-state index is -0.633. The zero-order chi connectivity index (χ0) is 13.8. The van der Waals surface area contributed by atoms with E-state index < -0.39 is 11.7 Å². The number of aromatic hydroxyl groups is 1. The zero-order valence-electron chi connectivity index (χ0n) is 9.86. The second-order valence-corrected chi connectivity index (χ2v) is 4.33. The lowest BCUT2D eigenvalue weighted by atomic mass is 10.2. The molecule has 3 nitrogen and oxygen atoms in total. The third-order valence-corrected chi connectivity index (χ3v) is 2.94. The van der Waals surface area contributed by atoms with Gasteiger partial charge in [0.1, 0.15) is 11.6 Å². The molecular weight excluding hydrogens is 269 g/mol. The Morgan fingerprint density at radius 1 is 1.26 bits per heavy atom. The third-order valence-electron chi connectivity index (χ3n) is 2.56. The molecule has 0 fully saturated rings. The Morgan fingerprint density at radius 2 is 2.00 bits per heavy atom. The summed E-state index contributed by atoms with van der Waals surface area (Å²) < 4.78 is 13.2. The highest BCUT2D eigenvalue weighted by Gasteiger charge is 2.12. The Kier molecular flexibility index (Phi) is 4.02. The number of phenols is 1. The number of phenolic OH excluding ortho intramolecular Hbond substituents is 1. The molecule has 0 saturated heterocycles. The van der Waals surface area contributed by atoms with Crippen molar-refractivity contribution in [1.82, 2.24) is 5.32 Å². The van der Waals surface area contributed by atoms with Crippen molar-refractivity contribution in [2.24, 2.45) is 0 Å². The maximum absolute atomic E-state index is 13.2. The van der Waals surface area contributed by atoms with E-state index in [0.29, 0.717) is 0 Å². The molecular formula is C14H11ClFNO2. The molecule has 2 aromatic rings. The second kappa shape index (κ2) is 5.71. The molecule has 0 spiro atoms. The van der Waals surface area contributed by atoms with Gasteiger partial charge in [-0.05, 0) is 29.8 Å². The zero-order valence-corrected chi connectivity index (χ0v) is 10.6. The maximum atomic E-state index is 13.2. The molecule has 0 bridgehead atoms. The van der Waals surface area contributed by atoms with Crippen LogP contribution in [0.3, 0.4) is 0 Å². The van der Waals surface area contributed by atoms with Crippen LogP contribution >= 0.6 is 11.6 Å². The normalized spacial score (nSPS) is 10.2. The molecule has 0 saturated carbocycles. The highest BCUT2D eigenvalue weighted by Crippen LogP contribution is 2.19. The Hall–Kier alpha value is -2.07. The summed E-state index contributed by atoms with van der Waals surface area (Å²) in [5, 5.41) is 11.7. The van der Waals surface area contributed by atoms with Crippen molar-refractivity contribution in [3.8, 4) is 5.75 Å². The fourth-order valence-electron chi connectivity index (χ4n) is 1.62. The van der Waals surface area contributed by atoms with E-state index in [-0.39, 0.29) is 22.9 Å². The van der Waals surface area contributed by atoms with Gasteiger partial charge in [-0.1, -0.05) is 29.8 Å². The highest BCUT2D eigenvalue weighted by atomic mass is 35.5. The van der Waals surface area contributed by atoms with E-state index in [0.717, 1.165) is 5.56 Å². The molecule has 2 aromatic carbocycles. The predicted octanol–water partition coefficient (Wildman–Crippen LogP) is 3.11. The minimum Gasteiger partial charge on any atom is -0.508 e. The number of halogens is 2. The molecule has 98 valence electrons. The maximum Gasteiger partial charge on any atom is 0.253 e. The number of hydrogen-bond acceptors (Lipinski definition) is 2. The number of carbonyl (C=O) groups excluding carboxylic acids is 1. The van der Waals surface area contributed by atoms with Crippen molar-refractivity contribution in [2.75, 3.05) is 0 Å². The first-order valence-electron chi connectivity index (χ1n) is 5.58. The van der Waals surface area contributed by atoms with Gasteiger partial charge in [0.25, 0.3) is 5.91 Å². The molecule has 0 aliphatic carbocycles. The van der Waals surface area contributed by atoms with Crippen LogP contribution in [0.4, 0.5) is 4.39 Å². The fourth-order valence-corrected chi connectivity index (χ4v) is 1.83. The molecule has 2 rings (SSSR count). The average Bonchev–Trinajstić information content (AvgIpc) is 2.39. The van der Waals surface area contributed by atoms with Crippen LogP contribution in [0.2, 0.25) is 5.02 Å². The van der Waals surface area contributed by atoms with Crippen LogP contribution in [0.5, 0.6) is 5.75 Å². The van der Waals surface area contributed by atoms with E-state index in [1.54, 1.807) is 12.1 Å². The van der Waals surface area contributed by atoms with Crippen LogP contribution in [-0.4, -0.2) is 11.0 Å². The van der Waals surface area contributed by atoms with Crippen molar-refractivity contribution < 1.29 is 14.3 Å². The molecule has 0 radical (unpaired) electrons. The van der Waals surface area contributed by atoms with Crippen molar-refractivity contribution in [2.45, 2.75) is 6.54 Å². The summed E-state index contributed by atoms with van der Waals surface area (Å²) >= 11 is 5.72. The van der Waals surface area contributed by atoms with E-state index in [9.17, 15) is 14.3 Å². The topological polar surface area (TPSA) is 49.3 Å². The lowest BCUT2D eigenvalue weighted by Crippen LogP contribution is -2.23. The van der Waals surface area contributed by atoms with Crippen LogP contribution < -0.4 is 5.32 Å². The molecule has 5 heteroatoms. The Balaban J connectivity index is 2.08. The van der Waals surface area contributed by atoms with Gasteiger partial charge in [-0.3, -0.25) is 4.79 Å². The first-order valence-corrected chi connectivity index (χ1v) is 5.96. The molecule has 19 heavy (non-hydrogen) atoms. The van der Waals surface area contributed by atoms with E-state index in [1.807, 2.05) is 0 Å². The summed E-state index contributed by atoms with van der Waals surface area (Å²) in [7, 11) is 0. The monoisotopic (exact) mass is 279 g/mol. The number of nitrogens with one attached hydrogen (secondary N) is 1. The van der Waals surface area contributed by atoms with E-state index in [4.69, 9.17) is 11.6 Å². The van der Waals surface area contributed by atoms with Crippen LogP contribution in [0.25, 0.3) is 0 Å². The number of amides is 1. The molecule has 2 N–H and O–H groups in total. The first-order chi connectivity index (χ1) is 9.08. The molecule has 1 amide bonds. The van der Waals surface area contributed by atoms with Crippen LogP contribution in [0, 0.1) is 5.82 Å². The van der Waals surface area contributed by atoms with Crippen molar-refractivity contribution in [1.29, 1.82) is 0 Å². The molecule has 0 aromatic heterocycles. The van der Waals surface area contributed by atoms with Gasteiger partial charge >= 0.3 is 0 Å².